The van der Waals surface area contributed by atoms with Crippen LogP contribution in [0.2, 0.25) is 0 Å². The molecule has 1 fully saturated rings. The van der Waals surface area contributed by atoms with E-state index in [4.69, 9.17) is 0 Å². The second kappa shape index (κ2) is 4.96. The fraction of sp³-hybridized carbons (Fsp3) is 0.571. The summed E-state index contributed by atoms with van der Waals surface area (Å²) in [4.78, 5) is 10.2. The molecule has 2 heterocycles. The fourth-order valence-electron chi connectivity index (χ4n) is 2.48. The van der Waals surface area contributed by atoms with Crippen LogP contribution >= 0.6 is 11.3 Å². The predicted octanol–water partition coefficient (Wildman–Crippen LogP) is 3.73. The highest BCUT2D eigenvalue weighted by molar-refractivity contribution is 7.16. The highest BCUT2D eigenvalue weighted by Crippen LogP contribution is 2.40. The van der Waals surface area contributed by atoms with Crippen molar-refractivity contribution in [3.05, 3.63) is 11.4 Å². The normalized spacial score (nSPS) is 17.2. The molecule has 2 aromatic heterocycles. The molecule has 2 aromatic rings. The Kier molecular flexibility index (Phi) is 3.31. The molecule has 5 heteroatoms. The van der Waals surface area contributed by atoms with E-state index in [0.29, 0.717) is 5.41 Å². The molecule has 102 valence electrons. The van der Waals surface area contributed by atoms with E-state index in [1.807, 2.05) is 0 Å². The number of anilines is 2. The van der Waals surface area contributed by atoms with Gasteiger partial charge in [0.25, 0.3) is 0 Å². The van der Waals surface area contributed by atoms with Crippen LogP contribution in [0, 0.1) is 5.41 Å². The first kappa shape index (κ1) is 12.7. The third-order valence-electron chi connectivity index (χ3n) is 3.90. The Hall–Kier alpha value is -1.36. The van der Waals surface area contributed by atoms with Gasteiger partial charge in [-0.2, -0.15) is 4.98 Å². The molecule has 1 aliphatic rings. The smallest absolute Gasteiger partial charge is 0.226 e. The number of fused-ring (bicyclic) bond motifs is 1. The Morgan fingerprint density at radius 3 is 2.84 bits per heavy atom. The number of aromatic nitrogens is 2. The Labute approximate surface area is 117 Å². The van der Waals surface area contributed by atoms with Gasteiger partial charge >= 0.3 is 0 Å². The number of nitrogens with one attached hydrogen (secondary N) is 2. The first-order valence-electron chi connectivity index (χ1n) is 6.93. The van der Waals surface area contributed by atoms with Crippen molar-refractivity contribution < 1.29 is 0 Å². The Morgan fingerprint density at radius 1 is 1.32 bits per heavy atom. The summed E-state index contributed by atoms with van der Waals surface area (Å²) in [5.74, 6) is 1.69. The minimum atomic E-state index is 0.450. The van der Waals surface area contributed by atoms with Gasteiger partial charge in [-0.05, 0) is 36.6 Å². The lowest BCUT2D eigenvalue weighted by Gasteiger charge is -2.38. The molecule has 0 atom stereocenters. The zero-order valence-corrected chi connectivity index (χ0v) is 12.3. The van der Waals surface area contributed by atoms with Gasteiger partial charge in [0.2, 0.25) is 5.95 Å². The molecule has 3 rings (SSSR count). The molecular formula is C14H20N4S. The molecular weight excluding hydrogens is 256 g/mol. The largest absolute Gasteiger partial charge is 0.369 e. The Morgan fingerprint density at radius 2 is 2.16 bits per heavy atom. The molecule has 19 heavy (non-hydrogen) atoms. The van der Waals surface area contributed by atoms with E-state index < -0.39 is 0 Å². The second-order valence-electron chi connectivity index (χ2n) is 5.58. The van der Waals surface area contributed by atoms with Crippen molar-refractivity contribution in [1.82, 2.24) is 9.97 Å². The van der Waals surface area contributed by atoms with Gasteiger partial charge in [0.15, 0.2) is 0 Å². The average molecular weight is 276 g/mol. The molecule has 0 amide bonds. The number of nitrogens with zero attached hydrogens (tertiary/aromatic N) is 2. The van der Waals surface area contributed by atoms with Crippen LogP contribution in [-0.4, -0.2) is 23.1 Å². The van der Waals surface area contributed by atoms with Crippen molar-refractivity contribution in [1.29, 1.82) is 0 Å². The van der Waals surface area contributed by atoms with Gasteiger partial charge < -0.3 is 10.6 Å². The Bertz CT molecular complexity index is 574. The van der Waals surface area contributed by atoms with Crippen molar-refractivity contribution in [3.8, 4) is 0 Å². The topological polar surface area (TPSA) is 49.8 Å². The summed E-state index contributed by atoms with van der Waals surface area (Å²) in [6.07, 6.45) is 3.99. The van der Waals surface area contributed by atoms with Crippen LogP contribution in [0.4, 0.5) is 11.8 Å². The first-order chi connectivity index (χ1) is 9.20. The van der Waals surface area contributed by atoms with E-state index in [9.17, 15) is 0 Å². The molecule has 0 bridgehead atoms. The highest BCUT2D eigenvalue weighted by atomic mass is 32.1. The van der Waals surface area contributed by atoms with Gasteiger partial charge in [-0.15, -0.1) is 11.3 Å². The number of hydrogen-bond acceptors (Lipinski definition) is 5. The summed E-state index contributed by atoms with van der Waals surface area (Å²) in [5, 5.41) is 9.94. The summed E-state index contributed by atoms with van der Waals surface area (Å²) < 4.78 is 0. The molecule has 4 nitrogen and oxygen atoms in total. The number of hydrogen-bond donors (Lipinski definition) is 2. The molecule has 2 N–H and O–H groups in total. The summed E-state index contributed by atoms with van der Waals surface area (Å²) in [6.45, 7) is 6.25. The van der Waals surface area contributed by atoms with Gasteiger partial charge in [-0.3, -0.25) is 0 Å². The van der Waals surface area contributed by atoms with Crippen LogP contribution in [0.25, 0.3) is 10.2 Å². The van der Waals surface area contributed by atoms with E-state index in [-0.39, 0.29) is 0 Å². The summed E-state index contributed by atoms with van der Waals surface area (Å²) in [7, 11) is 0. The van der Waals surface area contributed by atoms with Gasteiger partial charge in [0.1, 0.15) is 10.6 Å². The third-order valence-corrected chi connectivity index (χ3v) is 4.71. The van der Waals surface area contributed by atoms with Crippen LogP contribution in [0.5, 0.6) is 0 Å². The van der Waals surface area contributed by atoms with E-state index in [1.165, 1.54) is 19.3 Å². The first-order valence-corrected chi connectivity index (χ1v) is 7.81. The molecule has 0 aromatic carbocycles. The predicted molar refractivity (Wildman–Crippen MR) is 82.0 cm³/mol. The van der Waals surface area contributed by atoms with E-state index in [0.717, 1.165) is 35.1 Å². The highest BCUT2D eigenvalue weighted by Gasteiger charge is 2.31. The molecule has 0 unspecified atom stereocenters. The van der Waals surface area contributed by atoms with Crippen LogP contribution in [-0.2, 0) is 0 Å². The lowest BCUT2D eigenvalue weighted by atomic mass is 9.70. The Balaban J connectivity index is 1.85. The SMILES string of the molecule is CCNc1nc(NCC2(C)CCC2)c2ccsc2n1. The monoisotopic (exact) mass is 276 g/mol. The molecule has 0 radical (unpaired) electrons. The molecule has 0 spiro atoms. The average Bonchev–Trinajstić information content (AvgIpc) is 2.82. The van der Waals surface area contributed by atoms with Crippen molar-refractivity contribution in [2.24, 2.45) is 5.41 Å². The zero-order chi connectivity index (χ0) is 13.3. The van der Waals surface area contributed by atoms with Crippen LogP contribution in [0.3, 0.4) is 0 Å². The summed E-state index contributed by atoms with van der Waals surface area (Å²) in [6, 6.07) is 2.10. The standard InChI is InChI=1S/C14H20N4S/c1-3-15-13-17-11(10-5-8-19-12(10)18-13)16-9-14(2)6-4-7-14/h5,8H,3-4,6-7,9H2,1-2H3,(H2,15,16,17,18). The van der Waals surface area contributed by atoms with Crippen LogP contribution in [0.1, 0.15) is 33.1 Å². The lowest BCUT2D eigenvalue weighted by Crippen LogP contribution is -2.33. The third kappa shape index (κ3) is 2.52. The van der Waals surface area contributed by atoms with Crippen molar-refractivity contribution in [2.75, 3.05) is 23.7 Å². The number of rotatable bonds is 5. The molecule has 0 aliphatic heterocycles. The van der Waals surface area contributed by atoms with E-state index >= 15 is 0 Å². The number of thiophene rings is 1. The van der Waals surface area contributed by atoms with Gasteiger partial charge in [0, 0.05) is 13.1 Å². The summed E-state index contributed by atoms with van der Waals surface area (Å²) in [5.41, 5.74) is 0.450. The van der Waals surface area contributed by atoms with E-state index in [2.05, 4.69) is 45.9 Å². The summed E-state index contributed by atoms with van der Waals surface area (Å²) >= 11 is 1.66. The van der Waals surface area contributed by atoms with Crippen molar-refractivity contribution >= 4 is 33.3 Å². The van der Waals surface area contributed by atoms with Crippen LogP contribution in [0.15, 0.2) is 11.4 Å². The van der Waals surface area contributed by atoms with Gasteiger partial charge in [0.05, 0.1) is 5.39 Å². The minimum absolute atomic E-state index is 0.450. The fourth-order valence-corrected chi connectivity index (χ4v) is 3.25. The van der Waals surface area contributed by atoms with Gasteiger partial charge in [-0.25, -0.2) is 4.98 Å². The maximum atomic E-state index is 4.60. The zero-order valence-electron chi connectivity index (χ0n) is 11.5. The molecule has 0 saturated heterocycles. The van der Waals surface area contributed by atoms with Gasteiger partial charge in [-0.1, -0.05) is 13.3 Å². The quantitative estimate of drug-likeness (QED) is 0.873. The van der Waals surface area contributed by atoms with E-state index in [1.54, 1.807) is 11.3 Å². The minimum Gasteiger partial charge on any atom is -0.369 e. The van der Waals surface area contributed by atoms with Crippen LogP contribution < -0.4 is 10.6 Å². The maximum Gasteiger partial charge on any atom is 0.226 e. The van der Waals surface area contributed by atoms with Crippen molar-refractivity contribution in [3.63, 3.8) is 0 Å². The lowest BCUT2D eigenvalue weighted by molar-refractivity contribution is 0.180. The second-order valence-corrected chi connectivity index (χ2v) is 6.48. The molecule has 1 saturated carbocycles. The maximum absolute atomic E-state index is 4.60. The molecule has 1 aliphatic carbocycles. The van der Waals surface area contributed by atoms with Crippen molar-refractivity contribution in [2.45, 2.75) is 33.1 Å².